The van der Waals surface area contributed by atoms with Crippen molar-refractivity contribution in [3.8, 4) is 0 Å². The van der Waals surface area contributed by atoms with Gasteiger partial charge >= 0.3 is 5.97 Å². The number of hydrogen-bond donors (Lipinski definition) is 1. The second-order valence-electron chi connectivity index (χ2n) is 2.53. The van der Waals surface area contributed by atoms with Crippen LogP contribution < -0.4 is 5.73 Å². The van der Waals surface area contributed by atoms with Gasteiger partial charge in [0, 0.05) is 18.3 Å². The predicted molar refractivity (Wildman–Crippen MR) is 45.7 cm³/mol. The summed E-state index contributed by atoms with van der Waals surface area (Å²) in [5, 5.41) is 0. The molecule has 0 amide bonds. The number of aromatic nitrogens is 2. The summed E-state index contributed by atoms with van der Waals surface area (Å²) in [6, 6.07) is 1.06. The molecule has 1 aromatic heterocycles. The van der Waals surface area contributed by atoms with Gasteiger partial charge < -0.3 is 10.5 Å². The topological polar surface area (TPSA) is 78.1 Å². The molecular formula is C8H11N3O2. The summed E-state index contributed by atoms with van der Waals surface area (Å²) in [7, 11) is 1.31. The van der Waals surface area contributed by atoms with Gasteiger partial charge in [0.1, 0.15) is 12.4 Å². The van der Waals surface area contributed by atoms with Gasteiger partial charge in [0.05, 0.1) is 7.11 Å². The Bertz CT molecular complexity index is 276. The van der Waals surface area contributed by atoms with E-state index >= 15 is 0 Å². The van der Waals surface area contributed by atoms with E-state index in [4.69, 9.17) is 5.73 Å². The summed E-state index contributed by atoms with van der Waals surface area (Å²) in [6.45, 7) is 0. The van der Waals surface area contributed by atoms with E-state index in [1.54, 1.807) is 12.3 Å². The minimum atomic E-state index is -0.653. The van der Waals surface area contributed by atoms with Crippen LogP contribution in [0.15, 0.2) is 18.6 Å². The van der Waals surface area contributed by atoms with Crippen molar-refractivity contribution in [1.29, 1.82) is 0 Å². The van der Waals surface area contributed by atoms with Crippen LogP contribution in [0.25, 0.3) is 0 Å². The molecule has 0 fully saturated rings. The maximum atomic E-state index is 10.9. The van der Waals surface area contributed by atoms with Crippen molar-refractivity contribution < 1.29 is 9.53 Å². The van der Waals surface area contributed by atoms with Gasteiger partial charge in [-0.05, 0) is 6.07 Å². The first kappa shape index (κ1) is 9.60. The largest absolute Gasteiger partial charge is 0.468 e. The Morgan fingerprint density at radius 2 is 2.54 bits per heavy atom. The molecule has 1 rings (SSSR count). The average molecular weight is 181 g/mol. The van der Waals surface area contributed by atoms with Crippen LogP contribution >= 0.6 is 0 Å². The third-order valence-corrected chi connectivity index (χ3v) is 1.58. The third-order valence-electron chi connectivity index (χ3n) is 1.58. The summed E-state index contributed by atoms with van der Waals surface area (Å²) in [4.78, 5) is 18.6. The highest BCUT2D eigenvalue weighted by Gasteiger charge is 2.14. The molecule has 0 unspecified atom stereocenters. The molecule has 0 aliphatic heterocycles. The number of rotatable bonds is 3. The fraction of sp³-hybridized carbons (Fsp3) is 0.375. The minimum Gasteiger partial charge on any atom is -0.468 e. The van der Waals surface area contributed by atoms with Gasteiger partial charge in [-0.1, -0.05) is 0 Å². The number of nitrogens with zero attached hydrogens (tertiary/aromatic N) is 2. The zero-order valence-electron chi connectivity index (χ0n) is 7.30. The maximum Gasteiger partial charge on any atom is 0.323 e. The molecule has 2 N–H and O–H groups in total. The molecule has 0 bridgehead atoms. The van der Waals surface area contributed by atoms with Crippen LogP contribution in [0.1, 0.15) is 5.69 Å². The van der Waals surface area contributed by atoms with Crippen LogP contribution in [-0.2, 0) is 16.0 Å². The quantitative estimate of drug-likeness (QED) is 0.637. The van der Waals surface area contributed by atoms with E-state index in [1.165, 1.54) is 13.4 Å². The Labute approximate surface area is 75.9 Å². The molecule has 5 nitrogen and oxygen atoms in total. The molecule has 0 aliphatic rings. The van der Waals surface area contributed by atoms with Crippen molar-refractivity contribution in [2.45, 2.75) is 12.5 Å². The highest BCUT2D eigenvalue weighted by molar-refractivity contribution is 5.75. The van der Waals surface area contributed by atoms with E-state index in [0.29, 0.717) is 6.42 Å². The second kappa shape index (κ2) is 4.51. The molecule has 0 saturated heterocycles. The standard InChI is InChI=1S/C8H11N3O2/c1-13-8(12)7(9)4-6-2-3-10-5-11-6/h2-3,5,7H,4,9H2,1H3/t7-/m0/s1. The van der Waals surface area contributed by atoms with E-state index in [-0.39, 0.29) is 0 Å². The van der Waals surface area contributed by atoms with Crippen LogP contribution in [0.5, 0.6) is 0 Å². The number of carbonyl (C=O) groups excluding carboxylic acids is 1. The highest BCUT2D eigenvalue weighted by atomic mass is 16.5. The van der Waals surface area contributed by atoms with Crippen molar-refractivity contribution in [2.75, 3.05) is 7.11 Å². The zero-order valence-corrected chi connectivity index (χ0v) is 7.30. The molecule has 5 heteroatoms. The molecule has 1 heterocycles. The van der Waals surface area contributed by atoms with E-state index in [2.05, 4.69) is 14.7 Å². The second-order valence-corrected chi connectivity index (χ2v) is 2.53. The smallest absolute Gasteiger partial charge is 0.323 e. The van der Waals surface area contributed by atoms with Crippen molar-refractivity contribution in [3.05, 3.63) is 24.3 Å². The summed E-state index contributed by atoms with van der Waals surface area (Å²) < 4.78 is 4.48. The van der Waals surface area contributed by atoms with Gasteiger partial charge in [0.25, 0.3) is 0 Å². The molecular weight excluding hydrogens is 170 g/mol. The summed E-state index contributed by atoms with van der Waals surface area (Å²) in [6.07, 6.45) is 3.39. The van der Waals surface area contributed by atoms with Crippen LogP contribution in [0.4, 0.5) is 0 Å². The molecule has 0 aromatic carbocycles. The highest BCUT2D eigenvalue weighted by Crippen LogP contribution is 1.97. The Balaban J connectivity index is 2.55. The number of esters is 1. The van der Waals surface area contributed by atoms with Gasteiger partial charge in [0.15, 0.2) is 0 Å². The van der Waals surface area contributed by atoms with Crippen molar-refractivity contribution >= 4 is 5.97 Å². The molecule has 0 spiro atoms. The first-order chi connectivity index (χ1) is 6.24. The fourth-order valence-corrected chi connectivity index (χ4v) is 0.899. The molecule has 0 saturated carbocycles. The SMILES string of the molecule is COC(=O)[C@@H](N)Cc1ccncn1. The number of hydrogen-bond acceptors (Lipinski definition) is 5. The van der Waals surface area contributed by atoms with Gasteiger partial charge in [-0.15, -0.1) is 0 Å². The van der Waals surface area contributed by atoms with E-state index < -0.39 is 12.0 Å². The Kier molecular flexibility index (Phi) is 3.33. The molecule has 0 aliphatic carbocycles. The summed E-state index contributed by atoms with van der Waals surface area (Å²) in [5.74, 6) is -0.432. The van der Waals surface area contributed by atoms with Gasteiger partial charge in [-0.3, -0.25) is 4.79 Å². The third kappa shape index (κ3) is 2.79. The average Bonchev–Trinajstić information content (AvgIpc) is 2.18. The predicted octanol–water partition coefficient (Wildman–Crippen LogP) is -0.481. The first-order valence-electron chi connectivity index (χ1n) is 3.82. The van der Waals surface area contributed by atoms with E-state index in [1.807, 2.05) is 0 Å². The van der Waals surface area contributed by atoms with Crippen LogP contribution in [0.2, 0.25) is 0 Å². The lowest BCUT2D eigenvalue weighted by Gasteiger charge is -2.07. The minimum absolute atomic E-state index is 0.370. The molecule has 70 valence electrons. The van der Waals surface area contributed by atoms with Gasteiger partial charge in [-0.25, -0.2) is 9.97 Å². The van der Waals surface area contributed by atoms with Gasteiger partial charge in [-0.2, -0.15) is 0 Å². The molecule has 0 radical (unpaired) electrons. The van der Waals surface area contributed by atoms with Gasteiger partial charge in [0.2, 0.25) is 0 Å². The zero-order chi connectivity index (χ0) is 9.68. The van der Waals surface area contributed by atoms with E-state index in [9.17, 15) is 4.79 Å². The van der Waals surface area contributed by atoms with Crippen LogP contribution in [0, 0.1) is 0 Å². The monoisotopic (exact) mass is 181 g/mol. The van der Waals surface area contributed by atoms with Crippen LogP contribution in [-0.4, -0.2) is 29.1 Å². The molecule has 1 aromatic rings. The van der Waals surface area contributed by atoms with E-state index in [0.717, 1.165) is 5.69 Å². The lowest BCUT2D eigenvalue weighted by molar-refractivity contribution is -0.142. The van der Waals surface area contributed by atoms with Crippen LogP contribution in [0.3, 0.4) is 0 Å². The Morgan fingerprint density at radius 1 is 1.77 bits per heavy atom. The van der Waals surface area contributed by atoms with Crippen molar-refractivity contribution in [1.82, 2.24) is 9.97 Å². The van der Waals surface area contributed by atoms with Crippen molar-refractivity contribution in [3.63, 3.8) is 0 Å². The Morgan fingerprint density at radius 3 is 3.08 bits per heavy atom. The first-order valence-corrected chi connectivity index (χ1v) is 3.82. The molecule has 13 heavy (non-hydrogen) atoms. The number of methoxy groups -OCH3 is 1. The summed E-state index contributed by atoms with van der Waals surface area (Å²) >= 11 is 0. The number of ether oxygens (including phenoxy) is 1. The van der Waals surface area contributed by atoms with Crippen molar-refractivity contribution in [2.24, 2.45) is 5.73 Å². The Hall–Kier alpha value is -1.49. The summed E-state index contributed by atoms with van der Waals surface area (Å²) in [5.41, 5.74) is 6.25. The normalized spacial score (nSPS) is 12.2. The lowest BCUT2D eigenvalue weighted by Crippen LogP contribution is -2.33. The fourth-order valence-electron chi connectivity index (χ4n) is 0.899. The number of carbonyl (C=O) groups is 1. The maximum absolute atomic E-state index is 10.9. The lowest BCUT2D eigenvalue weighted by atomic mass is 10.2. The number of nitrogens with two attached hydrogens (primary N) is 1. The molecule has 1 atom stereocenters.